The molecule has 1 saturated carbocycles. The molecule has 1 saturated heterocycles. The molecule has 7 heteroatoms. The Kier molecular flexibility index (Phi) is 3.64. The number of aromatic hydroxyl groups is 1. The highest BCUT2D eigenvalue weighted by atomic mass is 16.3. The van der Waals surface area contributed by atoms with Crippen molar-refractivity contribution < 1.29 is 14.7 Å². The van der Waals surface area contributed by atoms with Crippen LogP contribution in [0.3, 0.4) is 0 Å². The predicted molar refractivity (Wildman–Crippen MR) is 78.1 cm³/mol. The van der Waals surface area contributed by atoms with Crippen LogP contribution in [0.2, 0.25) is 0 Å². The third-order valence-corrected chi connectivity index (χ3v) is 4.19. The molecule has 1 aliphatic carbocycles. The van der Waals surface area contributed by atoms with Gasteiger partial charge in [0.15, 0.2) is 0 Å². The molecule has 118 valence electrons. The fourth-order valence-corrected chi connectivity index (χ4v) is 2.71. The van der Waals surface area contributed by atoms with Gasteiger partial charge in [-0.25, -0.2) is 0 Å². The standard InChI is InChI=1S/C15H19N3O4/c1-10-6-12(19)7-13(20)18(10)8-14(21)16-4-5-17(9-16)15(22)11-2-3-11/h6-7,11,19H,2-5,8-9H2,1H3. The smallest absolute Gasteiger partial charge is 0.254 e. The number of pyridine rings is 1. The minimum absolute atomic E-state index is 0.0730. The number of hydrogen-bond acceptors (Lipinski definition) is 4. The first-order chi connectivity index (χ1) is 10.5. The Labute approximate surface area is 127 Å². The molecule has 0 aromatic carbocycles. The molecule has 22 heavy (non-hydrogen) atoms. The second kappa shape index (κ2) is 5.47. The van der Waals surface area contributed by atoms with Crippen molar-refractivity contribution in [1.82, 2.24) is 14.4 Å². The Hall–Kier alpha value is -2.31. The van der Waals surface area contributed by atoms with Crippen LogP contribution < -0.4 is 5.56 Å². The van der Waals surface area contributed by atoms with Crippen molar-refractivity contribution in [2.45, 2.75) is 26.3 Å². The third-order valence-electron chi connectivity index (χ3n) is 4.19. The van der Waals surface area contributed by atoms with Crippen LogP contribution in [0.25, 0.3) is 0 Å². The molecule has 0 atom stereocenters. The molecule has 1 aromatic rings. The summed E-state index contributed by atoms with van der Waals surface area (Å²) >= 11 is 0. The van der Waals surface area contributed by atoms with E-state index >= 15 is 0 Å². The van der Waals surface area contributed by atoms with E-state index in [0.717, 1.165) is 18.9 Å². The first-order valence-electron chi connectivity index (χ1n) is 7.42. The summed E-state index contributed by atoms with van der Waals surface area (Å²) in [7, 11) is 0. The Balaban J connectivity index is 1.66. The van der Waals surface area contributed by atoms with E-state index in [1.807, 2.05) is 0 Å². The molecule has 2 fully saturated rings. The zero-order chi connectivity index (χ0) is 15.9. The van der Waals surface area contributed by atoms with Gasteiger partial charge in [-0.2, -0.15) is 0 Å². The normalized spacial score (nSPS) is 17.9. The summed E-state index contributed by atoms with van der Waals surface area (Å²) < 4.78 is 1.33. The average Bonchev–Trinajstić information content (AvgIpc) is 3.18. The van der Waals surface area contributed by atoms with Crippen LogP contribution in [0.5, 0.6) is 5.75 Å². The molecule has 1 aromatic heterocycles. The number of aryl methyl sites for hydroxylation is 1. The molecule has 0 bridgehead atoms. The first kappa shape index (κ1) is 14.6. The first-order valence-corrected chi connectivity index (χ1v) is 7.42. The lowest BCUT2D eigenvalue weighted by Gasteiger charge is -2.19. The van der Waals surface area contributed by atoms with Crippen LogP contribution in [0.15, 0.2) is 16.9 Å². The summed E-state index contributed by atoms with van der Waals surface area (Å²) in [5.41, 5.74) is 0.124. The molecule has 0 unspecified atom stereocenters. The van der Waals surface area contributed by atoms with Gasteiger partial charge in [-0.3, -0.25) is 14.4 Å². The van der Waals surface area contributed by atoms with Gasteiger partial charge in [-0.1, -0.05) is 0 Å². The van der Waals surface area contributed by atoms with E-state index in [-0.39, 0.29) is 30.0 Å². The van der Waals surface area contributed by atoms with Crippen molar-refractivity contribution in [3.05, 3.63) is 28.2 Å². The van der Waals surface area contributed by atoms with Crippen molar-refractivity contribution in [2.24, 2.45) is 5.92 Å². The number of nitrogens with zero attached hydrogens (tertiary/aromatic N) is 3. The second-order valence-corrected chi connectivity index (χ2v) is 5.95. The van der Waals surface area contributed by atoms with Gasteiger partial charge in [0.2, 0.25) is 11.8 Å². The number of rotatable bonds is 3. The lowest BCUT2D eigenvalue weighted by molar-refractivity contribution is -0.135. The van der Waals surface area contributed by atoms with Crippen LogP contribution in [0.4, 0.5) is 0 Å². The minimum atomic E-state index is -0.407. The molecular weight excluding hydrogens is 286 g/mol. The van der Waals surface area contributed by atoms with Crippen LogP contribution in [-0.2, 0) is 16.1 Å². The van der Waals surface area contributed by atoms with Crippen LogP contribution in [0.1, 0.15) is 18.5 Å². The molecule has 0 radical (unpaired) electrons. The minimum Gasteiger partial charge on any atom is -0.508 e. The van der Waals surface area contributed by atoms with Gasteiger partial charge in [0.1, 0.15) is 12.3 Å². The molecule has 1 N–H and O–H groups in total. The summed E-state index contributed by atoms with van der Waals surface area (Å²) in [4.78, 5) is 39.5. The second-order valence-electron chi connectivity index (χ2n) is 5.95. The number of carbonyl (C=O) groups is 2. The molecule has 2 heterocycles. The highest BCUT2D eigenvalue weighted by Crippen LogP contribution is 2.31. The summed E-state index contributed by atoms with van der Waals surface area (Å²) in [5, 5.41) is 9.36. The van der Waals surface area contributed by atoms with Gasteiger partial charge in [0, 0.05) is 30.8 Å². The van der Waals surface area contributed by atoms with Crippen molar-refractivity contribution in [3.8, 4) is 5.75 Å². The molecule has 2 amide bonds. The van der Waals surface area contributed by atoms with Gasteiger partial charge in [-0.15, -0.1) is 0 Å². The third kappa shape index (κ3) is 2.84. The SMILES string of the molecule is Cc1cc(O)cc(=O)n1CC(=O)N1CCN(C(=O)C2CC2)C1. The number of aromatic nitrogens is 1. The lowest BCUT2D eigenvalue weighted by Crippen LogP contribution is -2.38. The molecule has 3 rings (SSSR count). The van der Waals surface area contributed by atoms with Gasteiger partial charge in [-0.05, 0) is 25.8 Å². The highest BCUT2D eigenvalue weighted by Gasteiger charge is 2.36. The zero-order valence-electron chi connectivity index (χ0n) is 12.5. The summed E-state index contributed by atoms with van der Waals surface area (Å²) in [5.74, 6) is -0.0131. The van der Waals surface area contributed by atoms with E-state index in [1.165, 1.54) is 10.6 Å². The maximum absolute atomic E-state index is 12.3. The van der Waals surface area contributed by atoms with E-state index in [9.17, 15) is 19.5 Å². The van der Waals surface area contributed by atoms with Crippen LogP contribution >= 0.6 is 0 Å². The van der Waals surface area contributed by atoms with Crippen LogP contribution in [0, 0.1) is 12.8 Å². The van der Waals surface area contributed by atoms with E-state index in [1.54, 1.807) is 16.7 Å². The van der Waals surface area contributed by atoms with E-state index in [0.29, 0.717) is 25.5 Å². The Morgan fingerprint density at radius 2 is 1.91 bits per heavy atom. The molecule has 2 aliphatic rings. The molecule has 1 aliphatic heterocycles. The molecule has 7 nitrogen and oxygen atoms in total. The monoisotopic (exact) mass is 305 g/mol. The summed E-state index contributed by atoms with van der Waals surface area (Å²) in [6.07, 6.45) is 1.90. The Bertz CT molecular complexity index is 678. The van der Waals surface area contributed by atoms with Gasteiger partial charge >= 0.3 is 0 Å². The largest absolute Gasteiger partial charge is 0.508 e. The Morgan fingerprint density at radius 1 is 1.23 bits per heavy atom. The average molecular weight is 305 g/mol. The fourth-order valence-electron chi connectivity index (χ4n) is 2.71. The summed E-state index contributed by atoms with van der Waals surface area (Å²) in [6.45, 7) is 2.96. The lowest BCUT2D eigenvalue weighted by atomic mass is 10.3. The van der Waals surface area contributed by atoms with E-state index in [4.69, 9.17) is 0 Å². The van der Waals surface area contributed by atoms with Crippen molar-refractivity contribution in [1.29, 1.82) is 0 Å². The number of hydrogen-bond donors (Lipinski definition) is 1. The van der Waals surface area contributed by atoms with E-state index in [2.05, 4.69) is 0 Å². The predicted octanol–water partition coefficient (Wildman–Crippen LogP) is -0.0994. The zero-order valence-corrected chi connectivity index (χ0v) is 12.5. The van der Waals surface area contributed by atoms with Gasteiger partial charge in [0.05, 0.1) is 6.67 Å². The van der Waals surface area contributed by atoms with Crippen LogP contribution in [-0.4, -0.2) is 51.0 Å². The number of amides is 2. The quantitative estimate of drug-likeness (QED) is 0.845. The highest BCUT2D eigenvalue weighted by molar-refractivity contribution is 5.83. The van der Waals surface area contributed by atoms with Crippen molar-refractivity contribution in [3.63, 3.8) is 0 Å². The molecular formula is C15H19N3O4. The maximum atomic E-state index is 12.3. The Morgan fingerprint density at radius 3 is 2.55 bits per heavy atom. The van der Waals surface area contributed by atoms with Crippen molar-refractivity contribution >= 4 is 11.8 Å². The summed E-state index contributed by atoms with van der Waals surface area (Å²) in [6, 6.07) is 2.54. The van der Waals surface area contributed by atoms with Gasteiger partial charge < -0.3 is 19.5 Å². The maximum Gasteiger partial charge on any atom is 0.254 e. The fraction of sp³-hybridized carbons (Fsp3) is 0.533. The molecule has 0 spiro atoms. The topological polar surface area (TPSA) is 82.8 Å². The van der Waals surface area contributed by atoms with Gasteiger partial charge in [0.25, 0.3) is 5.56 Å². The van der Waals surface area contributed by atoms with Crippen molar-refractivity contribution in [2.75, 3.05) is 19.8 Å². The number of carbonyl (C=O) groups excluding carboxylic acids is 2. The van der Waals surface area contributed by atoms with E-state index < -0.39 is 5.56 Å².